The first-order valence-electron chi connectivity index (χ1n) is 10.3. The molecule has 0 radical (unpaired) electrons. The molecule has 0 saturated heterocycles. The van der Waals surface area contributed by atoms with E-state index in [1.54, 1.807) is 18.5 Å². The number of pyridine rings is 2. The third-order valence-corrected chi connectivity index (χ3v) is 5.50. The number of fused-ring (bicyclic) bond motifs is 2. The van der Waals surface area contributed by atoms with Crippen LogP contribution in [0.15, 0.2) is 91.6 Å². The molecule has 6 heteroatoms. The Bertz CT molecular complexity index is 1500. The molecule has 6 nitrogen and oxygen atoms in total. The van der Waals surface area contributed by atoms with Gasteiger partial charge in [-0.1, -0.05) is 18.7 Å². The van der Waals surface area contributed by atoms with Gasteiger partial charge in [-0.3, -0.25) is 15.1 Å². The number of nitrogens with zero attached hydrogens (tertiary/aromatic N) is 3. The van der Waals surface area contributed by atoms with Crippen molar-refractivity contribution in [1.29, 1.82) is 0 Å². The maximum atomic E-state index is 5.97. The molecule has 0 atom stereocenters. The number of benzene rings is 1. The number of aromatic amines is 2. The fourth-order valence-corrected chi connectivity index (χ4v) is 3.88. The molecule has 0 fully saturated rings. The molecule has 4 N–H and O–H groups in total. The topological polar surface area (TPSA) is 96.3 Å². The highest BCUT2D eigenvalue weighted by atomic mass is 15.1. The highest BCUT2D eigenvalue weighted by Gasteiger charge is 2.15. The summed E-state index contributed by atoms with van der Waals surface area (Å²) < 4.78 is 0. The summed E-state index contributed by atoms with van der Waals surface area (Å²) in [6.07, 6.45) is 11.0. The zero-order chi connectivity index (χ0) is 22.1. The minimum atomic E-state index is 0.622. The van der Waals surface area contributed by atoms with E-state index in [4.69, 9.17) is 5.73 Å². The predicted octanol–water partition coefficient (Wildman–Crippen LogP) is 5.60. The summed E-state index contributed by atoms with van der Waals surface area (Å²) in [5.41, 5.74) is 14.3. The first kappa shape index (κ1) is 19.5. The second kappa shape index (κ2) is 8.00. The van der Waals surface area contributed by atoms with Gasteiger partial charge in [-0.2, -0.15) is 5.10 Å². The average Bonchev–Trinajstić information content (AvgIpc) is 3.46. The second-order valence-corrected chi connectivity index (χ2v) is 7.47. The van der Waals surface area contributed by atoms with E-state index >= 15 is 0 Å². The first-order valence-corrected chi connectivity index (χ1v) is 10.3. The van der Waals surface area contributed by atoms with Gasteiger partial charge in [0.2, 0.25) is 0 Å². The largest absolute Gasteiger partial charge is 0.399 e. The zero-order valence-corrected chi connectivity index (χ0v) is 17.6. The Hall–Kier alpha value is -4.45. The van der Waals surface area contributed by atoms with Gasteiger partial charge < -0.3 is 10.7 Å². The third kappa shape index (κ3) is 3.37. The van der Waals surface area contributed by atoms with Crippen LogP contribution >= 0.6 is 0 Å². The number of allylic oxidation sites excluding steroid dienone is 4. The quantitative estimate of drug-likeness (QED) is 0.324. The lowest BCUT2D eigenvalue weighted by atomic mass is 10.0. The Kier molecular flexibility index (Phi) is 4.88. The van der Waals surface area contributed by atoms with Crippen LogP contribution in [0.25, 0.3) is 50.0 Å². The Labute approximate surface area is 185 Å². The average molecular weight is 419 g/mol. The lowest BCUT2D eigenvalue weighted by Crippen LogP contribution is -1.93. The van der Waals surface area contributed by atoms with Gasteiger partial charge >= 0.3 is 0 Å². The molecular formula is C26H22N6. The van der Waals surface area contributed by atoms with Gasteiger partial charge in [0.15, 0.2) is 0 Å². The smallest absolute Gasteiger partial charge is 0.116 e. The highest BCUT2D eigenvalue weighted by Crippen LogP contribution is 2.33. The molecule has 0 bridgehead atoms. The summed E-state index contributed by atoms with van der Waals surface area (Å²) in [5.74, 6) is 0. The van der Waals surface area contributed by atoms with Crippen LogP contribution in [0.5, 0.6) is 0 Å². The van der Waals surface area contributed by atoms with E-state index in [9.17, 15) is 0 Å². The lowest BCUT2D eigenvalue weighted by Gasteiger charge is -2.04. The van der Waals surface area contributed by atoms with Crippen LogP contribution in [-0.4, -0.2) is 25.1 Å². The Balaban J connectivity index is 1.65. The van der Waals surface area contributed by atoms with Crippen molar-refractivity contribution >= 4 is 27.4 Å². The molecule has 0 aliphatic rings. The molecule has 4 aromatic heterocycles. The summed E-state index contributed by atoms with van der Waals surface area (Å²) in [4.78, 5) is 12.3. The molecule has 4 heterocycles. The maximum Gasteiger partial charge on any atom is 0.116 e. The van der Waals surface area contributed by atoms with Gasteiger partial charge in [0.25, 0.3) is 0 Å². The molecule has 0 amide bonds. The fraction of sp³-hybridized carbons (Fsp3) is 0.0385. The summed E-state index contributed by atoms with van der Waals surface area (Å²) in [5, 5.41) is 9.79. The van der Waals surface area contributed by atoms with Gasteiger partial charge in [-0.05, 0) is 66.6 Å². The SMILES string of the molecule is C=C/C(N)=C\C(=C/C)c1ccc2[nH]nc(-c3cc4c(-c5cccnc5)nccc4[nH]3)c2c1. The number of aromatic nitrogens is 5. The molecule has 0 aliphatic carbocycles. The number of H-pyrrole nitrogens is 2. The lowest BCUT2D eigenvalue weighted by molar-refractivity contribution is 1.12. The molecule has 0 saturated carbocycles. The van der Waals surface area contributed by atoms with Crippen LogP contribution in [0.2, 0.25) is 0 Å². The van der Waals surface area contributed by atoms with Gasteiger partial charge in [0.1, 0.15) is 5.69 Å². The standard InChI is InChI=1S/C26H22N6/c1-3-16(12-19(27)4-2)17-7-8-23-20(13-17)26(32-31-23)24-14-21-22(30-24)9-11-29-25(21)18-6-5-10-28-15-18/h3-15,30H,2,27H2,1H3,(H,31,32)/b16-3+,19-12+. The second-order valence-electron chi connectivity index (χ2n) is 7.47. The predicted molar refractivity (Wildman–Crippen MR) is 131 cm³/mol. The van der Waals surface area contributed by atoms with Crippen LogP contribution < -0.4 is 5.73 Å². The third-order valence-electron chi connectivity index (χ3n) is 5.50. The highest BCUT2D eigenvalue weighted by molar-refractivity contribution is 6.00. The summed E-state index contributed by atoms with van der Waals surface area (Å²) >= 11 is 0. The van der Waals surface area contributed by atoms with Crippen LogP contribution in [0, 0.1) is 0 Å². The monoisotopic (exact) mass is 418 g/mol. The van der Waals surface area contributed by atoms with Crippen molar-refractivity contribution in [3.05, 3.63) is 97.1 Å². The minimum Gasteiger partial charge on any atom is -0.399 e. The van der Waals surface area contributed by atoms with E-state index in [2.05, 4.69) is 49.9 Å². The minimum absolute atomic E-state index is 0.622. The van der Waals surface area contributed by atoms with Gasteiger partial charge in [0, 0.05) is 46.1 Å². The van der Waals surface area contributed by atoms with Crippen molar-refractivity contribution in [3.63, 3.8) is 0 Å². The van der Waals surface area contributed by atoms with Crippen LogP contribution in [-0.2, 0) is 0 Å². The molecule has 5 rings (SSSR count). The van der Waals surface area contributed by atoms with Gasteiger partial charge in [0.05, 0.1) is 16.9 Å². The fourth-order valence-electron chi connectivity index (χ4n) is 3.88. The van der Waals surface area contributed by atoms with Crippen molar-refractivity contribution in [2.45, 2.75) is 6.92 Å². The molecule has 0 aliphatic heterocycles. The van der Waals surface area contributed by atoms with Crippen molar-refractivity contribution < 1.29 is 0 Å². The van der Waals surface area contributed by atoms with Gasteiger partial charge in [-0.15, -0.1) is 0 Å². The molecule has 0 spiro atoms. The zero-order valence-electron chi connectivity index (χ0n) is 17.6. The van der Waals surface area contributed by atoms with Crippen molar-refractivity contribution in [2.75, 3.05) is 0 Å². The molecule has 0 unspecified atom stereocenters. The molecule has 5 aromatic rings. The normalized spacial score (nSPS) is 12.5. The summed E-state index contributed by atoms with van der Waals surface area (Å²) in [6.45, 7) is 5.73. The Morgan fingerprint density at radius 1 is 1.03 bits per heavy atom. The number of hydrogen-bond acceptors (Lipinski definition) is 4. The van der Waals surface area contributed by atoms with E-state index in [0.717, 1.165) is 55.6 Å². The Morgan fingerprint density at radius 2 is 1.91 bits per heavy atom. The van der Waals surface area contributed by atoms with Crippen LogP contribution in [0.1, 0.15) is 12.5 Å². The van der Waals surface area contributed by atoms with E-state index in [-0.39, 0.29) is 0 Å². The Morgan fingerprint density at radius 3 is 2.69 bits per heavy atom. The van der Waals surface area contributed by atoms with Crippen molar-refractivity contribution in [2.24, 2.45) is 5.73 Å². The molecule has 156 valence electrons. The van der Waals surface area contributed by atoms with Crippen molar-refractivity contribution in [1.82, 2.24) is 25.1 Å². The number of nitrogens with one attached hydrogen (secondary N) is 2. The number of rotatable bonds is 5. The summed E-state index contributed by atoms with van der Waals surface area (Å²) in [7, 11) is 0. The molecular weight excluding hydrogens is 396 g/mol. The maximum absolute atomic E-state index is 5.97. The van der Waals surface area contributed by atoms with E-state index < -0.39 is 0 Å². The number of hydrogen-bond donors (Lipinski definition) is 3. The number of nitrogens with two attached hydrogens (primary N) is 1. The summed E-state index contributed by atoms with van der Waals surface area (Å²) in [6, 6.07) is 14.2. The van der Waals surface area contributed by atoms with Crippen LogP contribution in [0.3, 0.4) is 0 Å². The molecule has 32 heavy (non-hydrogen) atoms. The van der Waals surface area contributed by atoms with Gasteiger partial charge in [-0.25, -0.2) is 0 Å². The first-order chi connectivity index (χ1) is 15.7. The van der Waals surface area contributed by atoms with Crippen molar-refractivity contribution in [3.8, 4) is 22.6 Å². The van der Waals surface area contributed by atoms with E-state index in [1.807, 2.05) is 49.5 Å². The van der Waals surface area contributed by atoms with E-state index in [0.29, 0.717) is 5.70 Å². The van der Waals surface area contributed by atoms with E-state index in [1.165, 1.54) is 0 Å². The molecule has 1 aromatic carbocycles. The van der Waals surface area contributed by atoms with Crippen LogP contribution in [0.4, 0.5) is 0 Å².